The molecule has 0 fully saturated rings. The van der Waals surface area contributed by atoms with Gasteiger partial charge in [0.05, 0.1) is 16.6 Å². The van der Waals surface area contributed by atoms with Crippen molar-refractivity contribution in [3.63, 3.8) is 0 Å². The highest BCUT2D eigenvalue weighted by Crippen LogP contribution is 2.26. The summed E-state index contributed by atoms with van der Waals surface area (Å²) in [5.74, 6) is 0.433. The van der Waals surface area contributed by atoms with E-state index >= 15 is 0 Å². The maximum Gasteiger partial charge on any atom is 0.276 e. The van der Waals surface area contributed by atoms with Gasteiger partial charge < -0.3 is 4.74 Å². The van der Waals surface area contributed by atoms with Crippen LogP contribution in [-0.4, -0.2) is 24.1 Å². The van der Waals surface area contributed by atoms with Crippen molar-refractivity contribution in [2.45, 2.75) is 19.9 Å². The van der Waals surface area contributed by atoms with E-state index in [2.05, 4.69) is 11.4 Å². The van der Waals surface area contributed by atoms with Crippen molar-refractivity contribution in [3.8, 4) is 11.8 Å². The fraction of sp³-hybridized carbons (Fsp3) is 0.417. The lowest BCUT2D eigenvalue weighted by atomic mass is 10.2. The molecule has 1 atom stereocenters. The summed E-state index contributed by atoms with van der Waals surface area (Å²) in [5, 5.41) is 22.5. The van der Waals surface area contributed by atoms with Crippen LogP contribution < -0.4 is 10.1 Å². The zero-order chi connectivity index (χ0) is 13.5. The fourth-order valence-corrected chi connectivity index (χ4v) is 1.52. The molecule has 0 aliphatic carbocycles. The van der Waals surface area contributed by atoms with Crippen molar-refractivity contribution in [2.24, 2.45) is 0 Å². The van der Waals surface area contributed by atoms with E-state index in [0.29, 0.717) is 17.9 Å². The van der Waals surface area contributed by atoms with Gasteiger partial charge in [-0.2, -0.15) is 5.26 Å². The van der Waals surface area contributed by atoms with E-state index in [4.69, 9.17) is 10.00 Å². The highest BCUT2D eigenvalue weighted by Gasteiger charge is 2.15. The van der Waals surface area contributed by atoms with Crippen LogP contribution in [0.2, 0.25) is 0 Å². The number of nitro groups is 1. The van der Waals surface area contributed by atoms with Crippen LogP contribution in [0, 0.1) is 28.4 Å². The highest BCUT2D eigenvalue weighted by atomic mass is 16.6. The number of rotatable bonds is 6. The molecule has 0 aliphatic rings. The van der Waals surface area contributed by atoms with Gasteiger partial charge in [-0.1, -0.05) is 13.0 Å². The second-order valence-electron chi connectivity index (χ2n) is 3.71. The number of benzene rings is 1. The van der Waals surface area contributed by atoms with Crippen molar-refractivity contribution >= 4 is 5.69 Å². The summed E-state index contributed by atoms with van der Waals surface area (Å²) >= 11 is 0. The van der Waals surface area contributed by atoms with Crippen LogP contribution >= 0.6 is 0 Å². The molecule has 1 unspecified atom stereocenters. The normalized spacial score (nSPS) is 11.6. The summed E-state index contributed by atoms with van der Waals surface area (Å²) in [7, 11) is 0. The van der Waals surface area contributed by atoms with Gasteiger partial charge in [0.15, 0.2) is 0 Å². The van der Waals surface area contributed by atoms with Gasteiger partial charge in [0.25, 0.3) is 5.69 Å². The third kappa shape index (κ3) is 3.43. The molecule has 6 heteroatoms. The second-order valence-corrected chi connectivity index (χ2v) is 3.71. The van der Waals surface area contributed by atoms with Crippen LogP contribution in [0.5, 0.6) is 5.75 Å². The summed E-state index contributed by atoms with van der Waals surface area (Å²) < 4.78 is 5.44. The van der Waals surface area contributed by atoms with Gasteiger partial charge in [-0.3, -0.25) is 15.4 Å². The molecular weight excluding hydrogens is 234 g/mol. The van der Waals surface area contributed by atoms with Crippen molar-refractivity contribution in [2.75, 3.05) is 13.2 Å². The quantitative estimate of drug-likeness (QED) is 0.613. The number of nitrogens with zero attached hydrogens (tertiary/aromatic N) is 2. The van der Waals surface area contributed by atoms with E-state index in [1.165, 1.54) is 6.07 Å². The molecule has 18 heavy (non-hydrogen) atoms. The molecule has 0 heterocycles. The molecule has 0 radical (unpaired) electrons. The minimum Gasteiger partial charge on any atom is -0.490 e. The second kappa shape index (κ2) is 6.57. The third-order valence-electron chi connectivity index (χ3n) is 2.46. The summed E-state index contributed by atoms with van der Waals surface area (Å²) in [5.41, 5.74) is 0.486. The lowest BCUT2D eigenvalue weighted by molar-refractivity contribution is -0.385. The standard InChI is InChI=1S/C12H15N3O3/c1-3-14-10(7-13)8-18-12-6-4-5-11(9(12)2)15(16)17/h4-6,10,14H,3,8H2,1-2H3. The van der Waals surface area contributed by atoms with Gasteiger partial charge >= 0.3 is 0 Å². The summed E-state index contributed by atoms with van der Waals surface area (Å²) in [6, 6.07) is 6.28. The van der Waals surface area contributed by atoms with E-state index in [-0.39, 0.29) is 12.3 Å². The van der Waals surface area contributed by atoms with Crippen LogP contribution in [0.15, 0.2) is 18.2 Å². The summed E-state index contributed by atoms with van der Waals surface area (Å²) in [6.45, 7) is 4.34. The van der Waals surface area contributed by atoms with Crippen LogP contribution in [0.3, 0.4) is 0 Å². The highest BCUT2D eigenvalue weighted by molar-refractivity contribution is 5.48. The Labute approximate surface area is 105 Å². The van der Waals surface area contributed by atoms with E-state index in [1.807, 2.05) is 6.92 Å². The van der Waals surface area contributed by atoms with Gasteiger partial charge in [0, 0.05) is 6.07 Å². The largest absolute Gasteiger partial charge is 0.490 e. The first kappa shape index (κ1) is 13.9. The smallest absolute Gasteiger partial charge is 0.276 e. The average molecular weight is 249 g/mol. The SMILES string of the molecule is CCNC(C#N)COc1cccc([N+](=O)[O-])c1C. The molecule has 0 saturated heterocycles. The zero-order valence-electron chi connectivity index (χ0n) is 10.3. The zero-order valence-corrected chi connectivity index (χ0v) is 10.3. The number of likely N-dealkylation sites (N-methyl/N-ethyl adjacent to an activating group) is 1. The van der Waals surface area contributed by atoms with Gasteiger partial charge in [0.2, 0.25) is 0 Å². The number of nitriles is 1. The fourth-order valence-electron chi connectivity index (χ4n) is 1.52. The monoisotopic (exact) mass is 249 g/mol. The first-order chi connectivity index (χ1) is 8.60. The molecule has 1 rings (SSSR count). The molecule has 0 saturated carbocycles. The predicted molar refractivity (Wildman–Crippen MR) is 66.4 cm³/mol. The molecule has 1 aromatic carbocycles. The first-order valence-electron chi connectivity index (χ1n) is 5.60. The Hall–Kier alpha value is -2.13. The summed E-state index contributed by atoms with van der Waals surface area (Å²) in [6.07, 6.45) is 0. The maximum absolute atomic E-state index is 10.8. The number of nitrogens with one attached hydrogen (secondary N) is 1. The Bertz CT molecular complexity index is 468. The molecule has 96 valence electrons. The van der Waals surface area contributed by atoms with Gasteiger partial charge in [-0.15, -0.1) is 0 Å². The summed E-state index contributed by atoms with van der Waals surface area (Å²) in [4.78, 5) is 10.3. The van der Waals surface area contributed by atoms with E-state index < -0.39 is 11.0 Å². The Balaban J connectivity index is 2.77. The van der Waals surface area contributed by atoms with Gasteiger partial charge in [0.1, 0.15) is 18.4 Å². The first-order valence-corrected chi connectivity index (χ1v) is 5.60. The molecule has 0 amide bonds. The minimum absolute atomic E-state index is 0.0180. The lowest BCUT2D eigenvalue weighted by Crippen LogP contribution is -2.33. The van der Waals surface area contributed by atoms with Crippen LogP contribution in [0.25, 0.3) is 0 Å². The van der Waals surface area contributed by atoms with E-state index in [1.54, 1.807) is 19.1 Å². The van der Waals surface area contributed by atoms with Gasteiger partial charge in [-0.25, -0.2) is 0 Å². The topological polar surface area (TPSA) is 88.2 Å². The number of nitro benzene ring substituents is 1. The number of hydrogen-bond acceptors (Lipinski definition) is 5. The Morgan fingerprint density at radius 3 is 2.89 bits per heavy atom. The minimum atomic E-state index is -0.450. The van der Waals surface area contributed by atoms with Crippen molar-refractivity contribution < 1.29 is 9.66 Å². The van der Waals surface area contributed by atoms with E-state index in [0.717, 1.165) is 0 Å². The van der Waals surface area contributed by atoms with Crippen molar-refractivity contribution in [3.05, 3.63) is 33.9 Å². The molecule has 6 nitrogen and oxygen atoms in total. The molecule has 0 aliphatic heterocycles. The Morgan fingerprint density at radius 1 is 1.61 bits per heavy atom. The molecular formula is C12H15N3O3. The Morgan fingerprint density at radius 2 is 2.33 bits per heavy atom. The Kier molecular flexibility index (Phi) is 5.08. The van der Waals surface area contributed by atoms with Crippen molar-refractivity contribution in [1.29, 1.82) is 5.26 Å². The average Bonchev–Trinajstić information content (AvgIpc) is 2.35. The molecule has 0 spiro atoms. The predicted octanol–water partition coefficient (Wildman–Crippen LogP) is 1.78. The lowest BCUT2D eigenvalue weighted by Gasteiger charge is -2.13. The third-order valence-corrected chi connectivity index (χ3v) is 2.46. The molecule has 0 bridgehead atoms. The molecule has 1 N–H and O–H groups in total. The van der Waals surface area contributed by atoms with Crippen LogP contribution in [0.4, 0.5) is 5.69 Å². The molecule has 0 aromatic heterocycles. The van der Waals surface area contributed by atoms with E-state index in [9.17, 15) is 10.1 Å². The van der Waals surface area contributed by atoms with Crippen LogP contribution in [-0.2, 0) is 0 Å². The molecule has 1 aromatic rings. The maximum atomic E-state index is 10.8. The number of hydrogen-bond donors (Lipinski definition) is 1. The van der Waals surface area contributed by atoms with Crippen LogP contribution in [0.1, 0.15) is 12.5 Å². The van der Waals surface area contributed by atoms with Crippen molar-refractivity contribution in [1.82, 2.24) is 5.32 Å². The number of ether oxygens (including phenoxy) is 1. The van der Waals surface area contributed by atoms with Gasteiger partial charge in [-0.05, 0) is 19.5 Å².